The largest absolute Gasteiger partial charge is 0.507 e. The average Bonchev–Trinajstić information content (AvgIpc) is 2.54. The standard InChI is InChI=1S/C17H13N3O2/c18-10-12-5-7-13(9-16(12)21)19-17(22)15-8-6-11-3-1-2-4-14(11)20-15/h1-10,18,21H,(H,19,22). The van der Waals surface area contributed by atoms with Gasteiger partial charge in [0.1, 0.15) is 11.4 Å². The lowest BCUT2D eigenvalue weighted by Gasteiger charge is -2.07. The maximum atomic E-state index is 12.2. The highest BCUT2D eigenvalue weighted by atomic mass is 16.3. The van der Waals surface area contributed by atoms with Crippen LogP contribution in [0.5, 0.6) is 5.75 Å². The van der Waals surface area contributed by atoms with Crippen LogP contribution in [0.25, 0.3) is 10.9 Å². The number of hydrogen-bond donors (Lipinski definition) is 3. The van der Waals surface area contributed by atoms with E-state index in [-0.39, 0.29) is 11.7 Å². The molecule has 0 saturated carbocycles. The van der Waals surface area contributed by atoms with E-state index in [1.807, 2.05) is 30.3 Å². The molecule has 0 radical (unpaired) electrons. The summed E-state index contributed by atoms with van der Waals surface area (Å²) in [5.74, 6) is -0.410. The van der Waals surface area contributed by atoms with Gasteiger partial charge in [-0.3, -0.25) is 4.79 Å². The molecule has 5 heteroatoms. The normalized spacial score (nSPS) is 10.4. The highest BCUT2D eigenvalue weighted by Gasteiger charge is 2.09. The number of benzene rings is 2. The second kappa shape index (κ2) is 5.65. The van der Waals surface area contributed by atoms with Crippen LogP contribution in [0.2, 0.25) is 0 Å². The molecule has 0 aliphatic heterocycles. The summed E-state index contributed by atoms with van der Waals surface area (Å²) < 4.78 is 0. The number of para-hydroxylation sites is 1. The predicted octanol–water partition coefficient (Wildman–Crippen LogP) is 3.19. The molecule has 22 heavy (non-hydrogen) atoms. The van der Waals surface area contributed by atoms with E-state index in [1.54, 1.807) is 18.2 Å². The molecule has 0 unspecified atom stereocenters. The summed E-state index contributed by atoms with van der Waals surface area (Å²) in [6.45, 7) is 0. The van der Waals surface area contributed by atoms with E-state index in [0.717, 1.165) is 17.1 Å². The van der Waals surface area contributed by atoms with Crippen LogP contribution in [0.15, 0.2) is 54.6 Å². The minimum atomic E-state index is -0.354. The van der Waals surface area contributed by atoms with E-state index in [9.17, 15) is 9.90 Å². The van der Waals surface area contributed by atoms with Crippen molar-refractivity contribution in [2.75, 3.05) is 5.32 Å². The highest BCUT2D eigenvalue weighted by molar-refractivity contribution is 6.04. The molecule has 0 aliphatic carbocycles. The van der Waals surface area contributed by atoms with Gasteiger partial charge in [-0.05, 0) is 24.3 Å². The smallest absolute Gasteiger partial charge is 0.274 e. The third-order valence-electron chi connectivity index (χ3n) is 3.27. The zero-order valence-corrected chi connectivity index (χ0v) is 11.6. The minimum Gasteiger partial charge on any atom is -0.507 e. The van der Waals surface area contributed by atoms with E-state index < -0.39 is 0 Å². The number of nitrogens with one attached hydrogen (secondary N) is 2. The number of phenolic OH excluding ortho intramolecular Hbond substituents is 1. The summed E-state index contributed by atoms with van der Waals surface area (Å²) in [7, 11) is 0. The van der Waals surface area contributed by atoms with Crippen LogP contribution in [-0.2, 0) is 0 Å². The molecule has 3 rings (SSSR count). The summed E-state index contributed by atoms with van der Waals surface area (Å²) in [5, 5.41) is 20.5. The van der Waals surface area contributed by atoms with Gasteiger partial charge in [0, 0.05) is 28.9 Å². The molecule has 0 saturated heterocycles. The molecule has 0 aliphatic rings. The van der Waals surface area contributed by atoms with Gasteiger partial charge in [-0.25, -0.2) is 4.98 Å². The highest BCUT2D eigenvalue weighted by Crippen LogP contribution is 2.21. The van der Waals surface area contributed by atoms with Crippen molar-refractivity contribution >= 4 is 28.7 Å². The molecular formula is C17H13N3O2. The summed E-state index contributed by atoms with van der Waals surface area (Å²) >= 11 is 0. The number of carbonyl (C=O) groups excluding carboxylic acids is 1. The Bertz CT molecular complexity index is 875. The zero-order chi connectivity index (χ0) is 15.5. The second-order valence-electron chi connectivity index (χ2n) is 4.76. The fraction of sp³-hybridized carbons (Fsp3) is 0. The van der Waals surface area contributed by atoms with Crippen LogP contribution in [0.3, 0.4) is 0 Å². The van der Waals surface area contributed by atoms with Crippen molar-refractivity contribution in [2.45, 2.75) is 0 Å². The Kier molecular flexibility index (Phi) is 3.53. The average molecular weight is 291 g/mol. The topological polar surface area (TPSA) is 86.1 Å². The molecular weight excluding hydrogens is 278 g/mol. The Morgan fingerprint density at radius 2 is 1.95 bits per heavy atom. The van der Waals surface area contributed by atoms with Crippen molar-refractivity contribution in [1.82, 2.24) is 4.98 Å². The third-order valence-corrected chi connectivity index (χ3v) is 3.27. The van der Waals surface area contributed by atoms with Crippen LogP contribution in [0.1, 0.15) is 16.1 Å². The van der Waals surface area contributed by atoms with Gasteiger partial charge < -0.3 is 15.8 Å². The lowest BCUT2D eigenvalue weighted by molar-refractivity contribution is 0.102. The Labute approximate surface area is 126 Å². The van der Waals surface area contributed by atoms with Crippen LogP contribution in [-0.4, -0.2) is 22.2 Å². The number of carbonyl (C=O) groups is 1. The predicted molar refractivity (Wildman–Crippen MR) is 85.7 cm³/mol. The molecule has 1 heterocycles. The Balaban J connectivity index is 1.86. The number of anilines is 1. The third kappa shape index (κ3) is 2.64. The summed E-state index contributed by atoms with van der Waals surface area (Å²) in [4.78, 5) is 16.5. The van der Waals surface area contributed by atoms with Crippen molar-refractivity contribution < 1.29 is 9.90 Å². The first-order valence-electron chi connectivity index (χ1n) is 6.68. The van der Waals surface area contributed by atoms with Gasteiger partial charge in [0.25, 0.3) is 5.91 Å². The van der Waals surface area contributed by atoms with E-state index >= 15 is 0 Å². The number of aromatic hydroxyl groups is 1. The molecule has 1 amide bonds. The van der Waals surface area contributed by atoms with Crippen LogP contribution in [0.4, 0.5) is 5.69 Å². The molecule has 0 atom stereocenters. The fourth-order valence-corrected chi connectivity index (χ4v) is 2.13. The van der Waals surface area contributed by atoms with E-state index in [1.165, 1.54) is 6.07 Å². The van der Waals surface area contributed by atoms with Crippen molar-refractivity contribution in [3.8, 4) is 5.75 Å². The molecule has 0 fully saturated rings. The number of phenols is 1. The van der Waals surface area contributed by atoms with Gasteiger partial charge >= 0.3 is 0 Å². The Morgan fingerprint density at radius 3 is 2.73 bits per heavy atom. The quantitative estimate of drug-likeness (QED) is 0.648. The molecule has 108 valence electrons. The first-order chi connectivity index (χ1) is 10.7. The van der Waals surface area contributed by atoms with E-state index in [2.05, 4.69) is 10.3 Å². The molecule has 5 nitrogen and oxygen atoms in total. The Morgan fingerprint density at radius 1 is 1.14 bits per heavy atom. The van der Waals surface area contributed by atoms with Crippen molar-refractivity contribution in [1.29, 1.82) is 5.41 Å². The number of aromatic nitrogens is 1. The number of pyridine rings is 1. The molecule has 0 bridgehead atoms. The minimum absolute atomic E-state index is 0.0562. The number of amides is 1. The first kappa shape index (κ1) is 13.8. The summed E-state index contributed by atoms with van der Waals surface area (Å²) in [6, 6.07) is 15.6. The molecule has 3 N–H and O–H groups in total. The van der Waals surface area contributed by atoms with Gasteiger partial charge in [-0.1, -0.05) is 24.3 Å². The number of fused-ring (bicyclic) bond motifs is 1. The van der Waals surface area contributed by atoms with Gasteiger partial charge in [0.2, 0.25) is 0 Å². The second-order valence-corrected chi connectivity index (χ2v) is 4.76. The van der Waals surface area contributed by atoms with Crippen molar-refractivity contribution in [3.05, 3.63) is 65.9 Å². The maximum absolute atomic E-state index is 12.2. The summed E-state index contributed by atoms with van der Waals surface area (Å²) in [6.07, 6.45) is 1.05. The fourth-order valence-electron chi connectivity index (χ4n) is 2.13. The number of hydrogen-bond acceptors (Lipinski definition) is 4. The van der Waals surface area contributed by atoms with Crippen LogP contribution < -0.4 is 5.32 Å². The van der Waals surface area contributed by atoms with Gasteiger partial charge in [-0.15, -0.1) is 0 Å². The molecule has 2 aromatic carbocycles. The van der Waals surface area contributed by atoms with Crippen LogP contribution >= 0.6 is 0 Å². The van der Waals surface area contributed by atoms with E-state index in [0.29, 0.717) is 16.9 Å². The lowest BCUT2D eigenvalue weighted by atomic mass is 10.2. The van der Waals surface area contributed by atoms with Crippen molar-refractivity contribution in [2.24, 2.45) is 0 Å². The molecule has 1 aromatic heterocycles. The monoisotopic (exact) mass is 291 g/mol. The van der Waals surface area contributed by atoms with Crippen molar-refractivity contribution in [3.63, 3.8) is 0 Å². The molecule has 0 spiro atoms. The van der Waals surface area contributed by atoms with Crippen LogP contribution in [0, 0.1) is 5.41 Å². The SMILES string of the molecule is N=Cc1ccc(NC(=O)c2ccc3ccccc3n2)cc1O. The molecule has 3 aromatic rings. The lowest BCUT2D eigenvalue weighted by Crippen LogP contribution is -2.13. The Hall–Kier alpha value is -3.21. The number of rotatable bonds is 3. The van der Waals surface area contributed by atoms with Gasteiger partial charge in [0.05, 0.1) is 5.52 Å². The first-order valence-corrected chi connectivity index (χ1v) is 6.68. The van der Waals surface area contributed by atoms with Gasteiger partial charge in [-0.2, -0.15) is 0 Å². The maximum Gasteiger partial charge on any atom is 0.274 e. The van der Waals surface area contributed by atoms with Gasteiger partial charge in [0.15, 0.2) is 0 Å². The van der Waals surface area contributed by atoms with E-state index in [4.69, 9.17) is 5.41 Å². The number of nitrogens with zero attached hydrogens (tertiary/aromatic N) is 1. The summed E-state index contributed by atoms with van der Waals surface area (Å²) in [5.41, 5.74) is 1.89. The zero-order valence-electron chi connectivity index (χ0n) is 11.6.